The lowest BCUT2D eigenvalue weighted by Gasteiger charge is -2.20. The third kappa shape index (κ3) is 4.07. The van der Waals surface area contributed by atoms with E-state index >= 15 is 0 Å². The number of rotatable bonds is 6. The Labute approximate surface area is 177 Å². The molecule has 0 saturated heterocycles. The second-order valence-electron chi connectivity index (χ2n) is 6.99. The molecule has 4 rings (SSSR count). The van der Waals surface area contributed by atoms with Crippen LogP contribution in [0.3, 0.4) is 0 Å². The van der Waals surface area contributed by atoms with Gasteiger partial charge in [0, 0.05) is 24.9 Å². The average molecular weight is 415 g/mol. The molecule has 8 heteroatoms. The van der Waals surface area contributed by atoms with Crippen molar-refractivity contribution in [1.82, 2.24) is 19.7 Å². The first-order chi connectivity index (χ1) is 15.1. The Morgan fingerprint density at radius 2 is 1.97 bits per heavy atom. The molecule has 0 aliphatic heterocycles. The largest absolute Gasteiger partial charge is 0.503 e. The smallest absolute Gasteiger partial charge is 0.242 e. The van der Waals surface area contributed by atoms with E-state index in [1.807, 2.05) is 12.1 Å². The van der Waals surface area contributed by atoms with Crippen LogP contribution < -0.4 is 5.43 Å². The fraction of sp³-hybridized carbons (Fsp3) is 0.130. The van der Waals surface area contributed by atoms with Gasteiger partial charge in [0.25, 0.3) is 0 Å². The van der Waals surface area contributed by atoms with Crippen LogP contribution in [0.2, 0.25) is 0 Å². The molecule has 0 radical (unpaired) electrons. The number of aromatic nitrogens is 4. The molecule has 1 unspecified atom stereocenters. The fourth-order valence-electron chi connectivity index (χ4n) is 3.63. The number of hydrogen-bond acceptors (Lipinski definition) is 5. The first-order valence-corrected chi connectivity index (χ1v) is 9.61. The van der Waals surface area contributed by atoms with Crippen molar-refractivity contribution in [2.75, 3.05) is 0 Å². The van der Waals surface area contributed by atoms with Crippen LogP contribution in [0.5, 0.6) is 5.75 Å². The number of nitriles is 1. The normalized spacial score (nSPS) is 11.7. The van der Waals surface area contributed by atoms with Gasteiger partial charge in [-0.05, 0) is 35.7 Å². The monoisotopic (exact) mass is 415 g/mol. The highest BCUT2D eigenvalue weighted by molar-refractivity contribution is 5.57. The Morgan fingerprint density at radius 1 is 1.19 bits per heavy atom. The Kier molecular flexibility index (Phi) is 5.58. The maximum Gasteiger partial charge on any atom is 0.242 e. The number of aromatic amines is 1. The van der Waals surface area contributed by atoms with Crippen molar-refractivity contribution in [3.8, 4) is 23.3 Å². The maximum atomic E-state index is 13.5. The lowest BCUT2D eigenvalue weighted by molar-refractivity contribution is 0.466. The quantitative estimate of drug-likeness (QED) is 0.501. The van der Waals surface area contributed by atoms with Crippen LogP contribution in [0.4, 0.5) is 4.39 Å². The van der Waals surface area contributed by atoms with Crippen molar-refractivity contribution < 1.29 is 9.50 Å². The molecule has 0 bridgehead atoms. The fourth-order valence-corrected chi connectivity index (χ4v) is 3.63. The van der Waals surface area contributed by atoms with Crippen LogP contribution in [0.1, 0.15) is 29.0 Å². The van der Waals surface area contributed by atoms with E-state index in [2.05, 4.69) is 21.3 Å². The van der Waals surface area contributed by atoms with Crippen molar-refractivity contribution >= 4 is 0 Å². The zero-order chi connectivity index (χ0) is 21.8. The number of H-pyrrole nitrogens is 1. The minimum Gasteiger partial charge on any atom is -0.503 e. The highest BCUT2D eigenvalue weighted by Gasteiger charge is 2.20. The summed E-state index contributed by atoms with van der Waals surface area (Å²) >= 11 is 0. The van der Waals surface area contributed by atoms with Gasteiger partial charge in [0.1, 0.15) is 11.5 Å². The molecule has 4 aromatic rings. The van der Waals surface area contributed by atoms with Crippen LogP contribution in [-0.4, -0.2) is 24.9 Å². The van der Waals surface area contributed by atoms with Crippen molar-refractivity contribution in [3.05, 3.63) is 99.9 Å². The van der Waals surface area contributed by atoms with Gasteiger partial charge in [-0.15, -0.1) is 0 Å². The number of aryl methyl sites for hydroxylation is 1. The molecule has 2 N–H and O–H groups in total. The topological polar surface area (TPSA) is 108 Å². The van der Waals surface area contributed by atoms with Crippen LogP contribution >= 0.6 is 0 Å². The third-order valence-corrected chi connectivity index (χ3v) is 5.16. The van der Waals surface area contributed by atoms with Crippen molar-refractivity contribution in [2.45, 2.75) is 18.9 Å². The van der Waals surface area contributed by atoms with Gasteiger partial charge in [-0.3, -0.25) is 9.89 Å². The summed E-state index contributed by atoms with van der Waals surface area (Å²) < 4.78 is 15.3. The van der Waals surface area contributed by atoms with E-state index in [0.717, 1.165) is 17.3 Å². The summed E-state index contributed by atoms with van der Waals surface area (Å²) in [6.07, 6.45) is 4.86. The lowest BCUT2D eigenvalue weighted by Crippen LogP contribution is -2.11. The summed E-state index contributed by atoms with van der Waals surface area (Å²) in [4.78, 5) is 16.0. The SMILES string of the molecule is N#Cc1ccccc1C(CCn1ccnc1-c1[nH]ncc(=O)c1O)c1ccc(F)cc1. The minimum absolute atomic E-state index is 0.133. The molecule has 31 heavy (non-hydrogen) atoms. The summed E-state index contributed by atoms with van der Waals surface area (Å²) in [6.45, 7) is 0.466. The standard InChI is InChI=1S/C23H18FN5O2/c24-17-7-5-15(6-8-17)19(18-4-2-1-3-16(18)13-25)9-11-29-12-10-26-23(29)21-22(31)20(30)14-27-28-21/h1-8,10,12,14,19H,9,11H2,(H,27,31)(H,28,30). The maximum absolute atomic E-state index is 13.5. The molecule has 2 aromatic carbocycles. The van der Waals surface area contributed by atoms with Crippen LogP contribution in [-0.2, 0) is 6.54 Å². The number of nitrogens with one attached hydrogen (secondary N) is 1. The summed E-state index contributed by atoms with van der Waals surface area (Å²) in [7, 11) is 0. The number of hydrogen-bond donors (Lipinski definition) is 2. The molecule has 0 spiro atoms. The molecule has 154 valence electrons. The minimum atomic E-state index is -0.601. The number of nitrogens with zero attached hydrogens (tertiary/aromatic N) is 4. The Morgan fingerprint density at radius 3 is 2.74 bits per heavy atom. The van der Waals surface area contributed by atoms with Crippen molar-refractivity contribution in [1.29, 1.82) is 5.26 Å². The zero-order valence-electron chi connectivity index (χ0n) is 16.4. The first kappa shape index (κ1) is 20.0. The van der Waals surface area contributed by atoms with Gasteiger partial charge in [0.15, 0.2) is 11.6 Å². The molecule has 0 saturated carbocycles. The third-order valence-electron chi connectivity index (χ3n) is 5.16. The molecule has 7 nitrogen and oxygen atoms in total. The van der Waals surface area contributed by atoms with E-state index in [0.29, 0.717) is 24.4 Å². The molecule has 0 aliphatic carbocycles. The van der Waals surface area contributed by atoms with Crippen molar-refractivity contribution in [3.63, 3.8) is 0 Å². The predicted molar refractivity (Wildman–Crippen MR) is 112 cm³/mol. The molecule has 2 aromatic heterocycles. The van der Waals surface area contributed by atoms with Gasteiger partial charge in [0.05, 0.1) is 17.8 Å². The highest BCUT2D eigenvalue weighted by Crippen LogP contribution is 2.32. The molecule has 1 atom stereocenters. The summed E-state index contributed by atoms with van der Waals surface area (Å²) in [6, 6.07) is 15.8. The Hall–Kier alpha value is -4.25. The number of benzene rings is 2. The van der Waals surface area contributed by atoms with E-state index < -0.39 is 11.2 Å². The zero-order valence-corrected chi connectivity index (χ0v) is 16.4. The van der Waals surface area contributed by atoms with E-state index in [1.165, 1.54) is 12.1 Å². The molecule has 0 fully saturated rings. The second kappa shape index (κ2) is 8.63. The average Bonchev–Trinajstić information content (AvgIpc) is 3.25. The van der Waals surface area contributed by atoms with Crippen LogP contribution in [0, 0.1) is 17.1 Å². The van der Waals surface area contributed by atoms with Gasteiger partial charge >= 0.3 is 0 Å². The van der Waals surface area contributed by atoms with E-state index in [-0.39, 0.29) is 17.4 Å². The molecular formula is C23H18FN5O2. The highest BCUT2D eigenvalue weighted by atomic mass is 19.1. The summed E-state index contributed by atoms with van der Waals surface area (Å²) in [5.41, 5.74) is 1.81. The summed E-state index contributed by atoms with van der Waals surface area (Å²) in [5, 5.41) is 26.0. The summed E-state index contributed by atoms with van der Waals surface area (Å²) in [5.74, 6) is -0.585. The Balaban J connectivity index is 1.69. The lowest BCUT2D eigenvalue weighted by atomic mass is 9.86. The molecule has 0 amide bonds. The van der Waals surface area contributed by atoms with E-state index in [1.54, 1.807) is 41.2 Å². The van der Waals surface area contributed by atoms with Gasteiger partial charge in [-0.1, -0.05) is 30.3 Å². The number of halogens is 1. The van der Waals surface area contributed by atoms with Gasteiger partial charge < -0.3 is 9.67 Å². The Bertz CT molecular complexity index is 1300. The molecular weight excluding hydrogens is 397 g/mol. The van der Waals surface area contributed by atoms with Crippen molar-refractivity contribution in [2.24, 2.45) is 0 Å². The molecule has 0 aliphatic rings. The van der Waals surface area contributed by atoms with Gasteiger partial charge in [-0.25, -0.2) is 9.37 Å². The van der Waals surface area contributed by atoms with Gasteiger partial charge in [0.2, 0.25) is 5.43 Å². The number of imidazole rings is 1. The molecule has 2 heterocycles. The van der Waals surface area contributed by atoms with Gasteiger partial charge in [-0.2, -0.15) is 10.4 Å². The predicted octanol–water partition coefficient (Wildman–Crippen LogP) is 3.57. The number of aromatic hydroxyl groups is 1. The van der Waals surface area contributed by atoms with Crippen LogP contribution in [0.15, 0.2) is 71.9 Å². The van der Waals surface area contributed by atoms with Crippen LogP contribution in [0.25, 0.3) is 11.5 Å². The first-order valence-electron chi connectivity index (χ1n) is 9.61. The van der Waals surface area contributed by atoms with E-state index in [9.17, 15) is 19.6 Å². The van der Waals surface area contributed by atoms with E-state index in [4.69, 9.17) is 0 Å². The second-order valence-corrected chi connectivity index (χ2v) is 6.99.